The first-order chi connectivity index (χ1) is 8.95. The van der Waals surface area contributed by atoms with Crippen LogP contribution in [0.1, 0.15) is 26.4 Å². The van der Waals surface area contributed by atoms with E-state index in [4.69, 9.17) is 5.11 Å². The number of rotatable bonds is 3. The van der Waals surface area contributed by atoms with Crippen molar-refractivity contribution in [2.45, 2.75) is 6.92 Å². The number of H-pyrrole nitrogens is 1. The van der Waals surface area contributed by atoms with Gasteiger partial charge in [-0.3, -0.25) is 9.89 Å². The van der Waals surface area contributed by atoms with Crippen molar-refractivity contribution in [3.8, 4) is 0 Å². The molecule has 0 unspecified atom stereocenters. The second kappa shape index (κ2) is 5.23. The summed E-state index contributed by atoms with van der Waals surface area (Å²) in [6.45, 7) is 1.87. The largest absolute Gasteiger partial charge is 0.477 e. The van der Waals surface area contributed by atoms with Gasteiger partial charge in [-0.25, -0.2) is 4.79 Å². The van der Waals surface area contributed by atoms with Crippen molar-refractivity contribution < 1.29 is 14.7 Å². The number of carboxylic acids is 1. The van der Waals surface area contributed by atoms with Crippen LogP contribution in [0.2, 0.25) is 0 Å². The molecule has 19 heavy (non-hydrogen) atoms. The maximum absolute atomic E-state index is 12.0. The molecule has 1 aromatic carbocycles. The molecule has 0 saturated heterocycles. The molecule has 0 atom stereocenters. The number of amides is 1. The van der Waals surface area contributed by atoms with Gasteiger partial charge in [0.15, 0.2) is 5.82 Å². The Labute approximate surface area is 117 Å². The Bertz CT molecular complexity index is 631. The van der Waals surface area contributed by atoms with Crippen LogP contribution in [0.3, 0.4) is 0 Å². The van der Waals surface area contributed by atoms with E-state index in [1.165, 1.54) is 6.07 Å². The molecule has 0 spiro atoms. The topological polar surface area (TPSA) is 95.1 Å². The molecule has 0 saturated carbocycles. The van der Waals surface area contributed by atoms with Crippen molar-refractivity contribution in [2.24, 2.45) is 0 Å². The molecule has 1 amide bonds. The van der Waals surface area contributed by atoms with Crippen LogP contribution in [0, 0.1) is 6.92 Å². The highest BCUT2D eigenvalue weighted by molar-refractivity contribution is 9.10. The average molecular weight is 324 g/mol. The Morgan fingerprint density at radius 2 is 2.05 bits per heavy atom. The van der Waals surface area contributed by atoms with Gasteiger partial charge in [0.2, 0.25) is 0 Å². The van der Waals surface area contributed by atoms with E-state index in [2.05, 4.69) is 31.4 Å². The maximum Gasteiger partial charge on any atom is 0.353 e. The van der Waals surface area contributed by atoms with Crippen LogP contribution in [0.25, 0.3) is 0 Å². The van der Waals surface area contributed by atoms with Crippen molar-refractivity contribution in [3.63, 3.8) is 0 Å². The average Bonchev–Trinajstić information content (AvgIpc) is 2.76. The number of carbonyl (C=O) groups excluding carboxylic acids is 1. The van der Waals surface area contributed by atoms with Crippen LogP contribution in [-0.4, -0.2) is 27.2 Å². The van der Waals surface area contributed by atoms with E-state index in [0.29, 0.717) is 5.56 Å². The molecule has 0 fully saturated rings. The molecular formula is C12H10BrN3O3. The number of aryl methyl sites for hydroxylation is 1. The number of nitrogens with zero attached hydrogens (tertiary/aromatic N) is 1. The van der Waals surface area contributed by atoms with E-state index in [1.807, 2.05) is 13.0 Å². The van der Waals surface area contributed by atoms with Gasteiger partial charge in [-0.15, -0.1) is 0 Å². The van der Waals surface area contributed by atoms with Gasteiger partial charge in [0.1, 0.15) is 5.69 Å². The number of anilines is 1. The fraction of sp³-hybridized carbons (Fsp3) is 0.0833. The van der Waals surface area contributed by atoms with E-state index in [9.17, 15) is 9.59 Å². The summed E-state index contributed by atoms with van der Waals surface area (Å²) >= 11 is 3.31. The zero-order valence-corrected chi connectivity index (χ0v) is 11.5. The quantitative estimate of drug-likeness (QED) is 0.808. The number of carbonyl (C=O) groups is 2. The Morgan fingerprint density at radius 1 is 1.32 bits per heavy atom. The van der Waals surface area contributed by atoms with Crippen molar-refractivity contribution in [3.05, 3.63) is 45.6 Å². The minimum Gasteiger partial charge on any atom is -0.477 e. The third kappa shape index (κ3) is 3.19. The number of hydrogen-bond acceptors (Lipinski definition) is 3. The summed E-state index contributed by atoms with van der Waals surface area (Å²) in [4.78, 5) is 22.6. The lowest BCUT2D eigenvalue weighted by atomic mass is 10.1. The summed E-state index contributed by atoms with van der Waals surface area (Å²) in [5, 5.41) is 17.3. The van der Waals surface area contributed by atoms with E-state index in [-0.39, 0.29) is 17.4 Å². The third-order valence-corrected chi connectivity index (χ3v) is 2.81. The van der Waals surface area contributed by atoms with Gasteiger partial charge in [-0.05, 0) is 30.7 Å². The molecule has 1 aromatic heterocycles. The van der Waals surface area contributed by atoms with Crippen molar-refractivity contribution in [1.29, 1.82) is 0 Å². The minimum absolute atomic E-state index is 0.0827. The van der Waals surface area contributed by atoms with E-state index >= 15 is 0 Å². The predicted molar refractivity (Wildman–Crippen MR) is 72.4 cm³/mol. The molecule has 3 N–H and O–H groups in total. The molecule has 98 valence electrons. The Balaban J connectivity index is 2.18. The Hall–Kier alpha value is -2.15. The predicted octanol–water partition coefficient (Wildman–Crippen LogP) is 2.43. The van der Waals surface area contributed by atoms with Gasteiger partial charge >= 0.3 is 5.97 Å². The molecule has 0 aliphatic rings. The lowest BCUT2D eigenvalue weighted by molar-refractivity contribution is 0.0690. The second-order valence-electron chi connectivity index (χ2n) is 3.94. The zero-order chi connectivity index (χ0) is 14.0. The monoisotopic (exact) mass is 323 g/mol. The lowest BCUT2D eigenvalue weighted by Crippen LogP contribution is -2.12. The number of halogens is 1. The number of benzene rings is 1. The highest BCUT2D eigenvalue weighted by atomic mass is 79.9. The second-order valence-corrected chi connectivity index (χ2v) is 4.86. The van der Waals surface area contributed by atoms with Gasteiger partial charge < -0.3 is 10.4 Å². The molecule has 0 aliphatic carbocycles. The van der Waals surface area contributed by atoms with Crippen LogP contribution in [0.4, 0.5) is 5.82 Å². The summed E-state index contributed by atoms with van der Waals surface area (Å²) in [5.74, 6) is -1.32. The highest BCUT2D eigenvalue weighted by Crippen LogP contribution is 2.16. The Kier molecular flexibility index (Phi) is 3.66. The van der Waals surface area contributed by atoms with E-state index < -0.39 is 5.97 Å². The van der Waals surface area contributed by atoms with Gasteiger partial charge in [-0.1, -0.05) is 15.9 Å². The fourth-order valence-corrected chi connectivity index (χ4v) is 2.16. The summed E-state index contributed by atoms with van der Waals surface area (Å²) in [7, 11) is 0. The molecule has 0 radical (unpaired) electrons. The van der Waals surface area contributed by atoms with Crippen molar-refractivity contribution in [1.82, 2.24) is 10.2 Å². The fourth-order valence-electron chi connectivity index (χ4n) is 1.55. The van der Waals surface area contributed by atoms with Crippen LogP contribution < -0.4 is 5.32 Å². The van der Waals surface area contributed by atoms with Crippen molar-refractivity contribution in [2.75, 3.05) is 5.32 Å². The number of carboxylic acid groups (broad SMARTS) is 1. The smallest absolute Gasteiger partial charge is 0.353 e. The summed E-state index contributed by atoms with van der Waals surface area (Å²) in [6, 6.07) is 6.54. The highest BCUT2D eigenvalue weighted by Gasteiger charge is 2.12. The normalized spacial score (nSPS) is 10.2. The minimum atomic E-state index is -1.13. The molecule has 2 rings (SSSR count). The molecule has 7 heteroatoms. The summed E-state index contributed by atoms with van der Waals surface area (Å²) in [6.07, 6.45) is 0. The van der Waals surface area contributed by atoms with Gasteiger partial charge in [0, 0.05) is 16.1 Å². The van der Waals surface area contributed by atoms with Crippen molar-refractivity contribution >= 4 is 33.6 Å². The number of hydrogen-bond donors (Lipinski definition) is 3. The first kappa shape index (κ1) is 13.3. The standard InChI is InChI=1S/C12H10BrN3O3/c1-6-2-7(4-8(13)3-6)11(17)14-10-5-9(12(18)19)15-16-10/h2-5H,1H3,(H,18,19)(H2,14,15,16,17). The zero-order valence-electron chi connectivity index (χ0n) is 9.90. The van der Waals surface area contributed by atoms with Crippen LogP contribution in [0.5, 0.6) is 0 Å². The first-order valence-electron chi connectivity index (χ1n) is 5.33. The molecule has 6 nitrogen and oxygen atoms in total. The molecule has 1 heterocycles. The number of aromatic nitrogens is 2. The molecular weight excluding hydrogens is 314 g/mol. The van der Waals surface area contributed by atoms with Gasteiger partial charge in [0.05, 0.1) is 0 Å². The molecule has 0 aliphatic heterocycles. The number of aromatic amines is 1. The third-order valence-electron chi connectivity index (χ3n) is 2.35. The summed E-state index contributed by atoms with van der Waals surface area (Å²) in [5.41, 5.74) is 1.32. The van der Waals surface area contributed by atoms with Gasteiger partial charge in [-0.2, -0.15) is 5.10 Å². The van der Waals surface area contributed by atoms with Crippen LogP contribution in [0.15, 0.2) is 28.7 Å². The number of aromatic carboxylic acids is 1. The summed E-state index contributed by atoms with van der Waals surface area (Å²) < 4.78 is 0.797. The van der Waals surface area contributed by atoms with Crippen LogP contribution in [-0.2, 0) is 0 Å². The Morgan fingerprint density at radius 3 is 2.63 bits per heavy atom. The SMILES string of the molecule is Cc1cc(Br)cc(C(=O)Nc2cc(C(=O)O)[nH]n2)c1. The maximum atomic E-state index is 12.0. The van der Waals surface area contributed by atoms with E-state index in [0.717, 1.165) is 10.0 Å². The molecule has 2 aromatic rings. The van der Waals surface area contributed by atoms with Crippen LogP contribution >= 0.6 is 15.9 Å². The van der Waals surface area contributed by atoms with Gasteiger partial charge in [0.25, 0.3) is 5.91 Å². The first-order valence-corrected chi connectivity index (χ1v) is 6.12. The molecule has 0 bridgehead atoms. The number of nitrogens with one attached hydrogen (secondary N) is 2. The van der Waals surface area contributed by atoms with E-state index in [1.54, 1.807) is 12.1 Å². The lowest BCUT2D eigenvalue weighted by Gasteiger charge is -2.03.